The quantitative estimate of drug-likeness (QED) is 0.830. The third-order valence-corrected chi connectivity index (χ3v) is 3.47. The maximum atomic E-state index is 9.87. The highest BCUT2D eigenvalue weighted by molar-refractivity contribution is 5.25. The molecule has 6 nitrogen and oxygen atoms in total. The largest absolute Gasteiger partial charge is 0.407 e. The van der Waals surface area contributed by atoms with Crippen molar-refractivity contribution in [3.8, 4) is 0 Å². The van der Waals surface area contributed by atoms with Gasteiger partial charge in [0.15, 0.2) is 0 Å². The first-order valence-electron chi connectivity index (χ1n) is 7.02. The number of aliphatic hydroxyl groups is 1. The zero-order valence-corrected chi connectivity index (χ0v) is 12.0. The Morgan fingerprint density at radius 3 is 2.95 bits per heavy atom. The second-order valence-electron chi connectivity index (χ2n) is 5.78. The van der Waals surface area contributed by atoms with Crippen LogP contribution in [-0.2, 0) is 6.54 Å². The van der Waals surface area contributed by atoms with Crippen LogP contribution in [0.4, 0.5) is 6.01 Å². The molecule has 0 aliphatic carbocycles. The molecule has 1 aromatic rings. The molecule has 0 spiro atoms. The summed E-state index contributed by atoms with van der Waals surface area (Å²) in [6.45, 7) is 9.33. The fourth-order valence-corrected chi connectivity index (χ4v) is 2.13. The van der Waals surface area contributed by atoms with E-state index in [0.29, 0.717) is 36.8 Å². The van der Waals surface area contributed by atoms with Gasteiger partial charge in [-0.25, -0.2) is 0 Å². The SMILES string of the molecule is CC(C)CNCc1nnc(N2CCC(C)C(O)C2)o1. The number of piperidine rings is 1. The Morgan fingerprint density at radius 2 is 2.26 bits per heavy atom. The van der Waals surface area contributed by atoms with E-state index >= 15 is 0 Å². The van der Waals surface area contributed by atoms with E-state index in [-0.39, 0.29) is 6.10 Å². The van der Waals surface area contributed by atoms with Crippen LogP contribution in [0.3, 0.4) is 0 Å². The van der Waals surface area contributed by atoms with E-state index in [1.807, 2.05) is 4.90 Å². The van der Waals surface area contributed by atoms with Crippen molar-refractivity contribution in [2.24, 2.45) is 11.8 Å². The van der Waals surface area contributed by atoms with Gasteiger partial charge in [-0.2, -0.15) is 0 Å². The Kier molecular flexibility index (Phi) is 4.76. The average Bonchev–Trinajstić information content (AvgIpc) is 2.81. The number of nitrogens with zero attached hydrogens (tertiary/aromatic N) is 3. The van der Waals surface area contributed by atoms with Crippen LogP contribution in [0.25, 0.3) is 0 Å². The first kappa shape index (κ1) is 14.3. The third-order valence-electron chi connectivity index (χ3n) is 3.47. The molecule has 1 saturated heterocycles. The van der Waals surface area contributed by atoms with E-state index in [1.165, 1.54) is 0 Å². The molecule has 1 aliphatic heterocycles. The lowest BCUT2D eigenvalue weighted by Crippen LogP contribution is -2.43. The minimum atomic E-state index is -0.317. The van der Waals surface area contributed by atoms with Gasteiger partial charge in [-0.3, -0.25) is 0 Å². The van der Waals surface area contributed by atoms with Crippen LogP contribution in [-0.4, -0.2) is 41.0 Å². The van der Waals surface area contributed by atoms with Gasteiger partial charge in [0, 0.05) is 13.1 Å². The maximum Gasteiger partial charge on any atom is 0.318 e. The lowest BCUT2D eigenvalue weighted by atomic mass is 9.96. The van der Waals surface area contributed by atoms with Gasteiger partial charge in [0.25, 0.3) is 0 Å². The number of nitrogens with one attached hydrogen (secondary N) is 1. The summed E-state index contributed by atoms with van der Waals surface area (Å²) in [7, 11) is 0. The van der Waals surface area contributed by atoms with E-state index in [2.05, 4.69) is 36.3 Å². The van der Waals surface area contributed by atoms with Gasteiger partial charge in [0.1, 0.15) is 0 Å². The highest BCUT2D eigenvalue weighted by Gasteiger charge is 2.27. The van der Waals surface area contributed by atoms with Gasteiger partial charge in [-0.05, 0) is 24.8 Å². The third kappa shape index (κ3) is 3.91. The monoisotopic (exact) mass is 268 g/mol. The van der Waals surface area contributed by atoms with Crippen LogP contribution in [0.1, 0.15) is 33.1 Å². The summed E-state index contributed by atoms with van der Waals surface area (Å²) in [5.74, 6) is 1.54. The molecule has 2 atom stereocenters. The summed E-state index contributed by atoms with van der Waals surface area (Å²) in [4.78, 5) is 1.96. The van der Waals surface area contributed by atoms with Crippen LogP contribution in [0.15, 0.2) is 4.42 Å². The predicted molar refractivity (Wildman–Crippen MR) is 72.8 cm³/mol. The van der Waals surface area contributed by atoms with E-state index in [4.69, 9.17) is 4.42 Å². The summed E-state index contributed by atoms with van der Waals surface area (Å²) < 4.78 is 5.62. The van der Waals surface area contributed by atoms with Crippen molar-refractivity contribution in [1.82, 2.24) is 15.5 Å². The number of hydrogen-bond acceptors (Lipinski definition) is 6. The highest BCUT2D eigenvalue weighted by atomic mass is 16.4. The summed E-state index contributed by atoms with van der Waals surface area (Å²) in [6, 6.07) is 0.521. The van der Waals surface area contributed by atoms with Gasteiger partial charge in [-0.1, -0.05) is 25.9 Å². The second kappa shape index (κ2) is 6.34. The van der Waals surface area contributed by atoms with Crippen molar-refractivity contribution in [1.29, 1.82) is 0 Å². The van der Waals surface area contributed by atoms with Gasteiger partial charge >= 0.3 is 6.01 Å². The molecular weight excluding hydrogens is 244 g/mol. The zero-order chi connectivity index (χ0) is 13.8. The van der Waals surface area contributed by atoms with E-state index in [1.54, 1.807) is 0 Å². The second-order valence-corrected chi connectivity index (χ2v) is 5.78. The average molecular weight is 268 g/mol. The normalized spacial score (nSPS) is 24.2. The Morgan fingerprint density at radius 1 is 1.47 bits per heavy atom. The van der Waals surface area contributed by atoms with E-state index in [0.717, 1.165) is 19.5 Å². The molecule has 0 radical (unpaired) electrons. The molecule has 0 amide bonds. The molecule has 0 bridgehead atoms. The minimum absolute atomic E-state index is 0.317. The van der Waals surface area contributed by atoms with Crippen molar-refractivity contribution in [2.75, 3.05) is 24.5 Å². The molecule has 1 aliphatic rings. The Bertz CT molecular complexity index is 394. The molecule has 1 fully saturated rings. The Labute approximate surface area is 114 Å². The summed E-state index contributed by atoms with van der Waals surface area (Å²) >= 11 is 0. The van der Waals surface area contributed by atoms with Crippen LogP contribution in [0.2, 0.25) is 0 Å². The number of aromatic nitrogens is 2. The molecule has 0 saturated carbocycles. The number of β-amino-alcohol motifs (C(OH)–C–C–N with tert-alkyl or cyclic N) is 1. The van der Waals surface area contributed by atoms with Crippen molar-refractivity contribution >= 4 is 6.01 Å². The highest BCUT2D eigenvalue weighted by Crippen LogP contribution is 2.22. The first-order chi connectivity index (χ1) is 9.06. The minimum Gasteiger partial charge on any atom is -0.407 e. The summed E-state index contributed by atoms with van der Waals surface area (Å²) in [5.41, 5.74) is 0. The van der Waals surface area contributed by atoms with Crippen LogP contribution in [0.5, 0.6) is 0 Å². The molecule has 2 unspecified atom stereocenters. The Balaban J connectivity index is 1.86. The van der Waals surface area contributed by atoms with Gasteiger partial charge in [-0.15, -0.1) is 5.10 Å². The van der Waals surface area contributed by atoms with Gasteiger partial charge in [0.05, 0.1) is 12.6 Å². The van der Waals surface area contributed by atoms with Gasteiger partial charge < -0.3 is 19.7 Å². The van der Waals surface area contributed by atoms with E-state index < -0.39 is 0 Å². The number of hydrogen-bond donors (Lipinski definition) is 2. The van der Waals surface area contributed by atoms with Crippen LogP contribution < -0.4 is 10.2 Å². The standard InChI is InChI=1S/C13H24N4O2/c1-9(2)6-14-7-12-15-16-13(19-12)17-5-4-10(3)11(18)8-17/h9-11,14,18H,4-8H2,1-3H3. The zero-order valence-electron chi connectivity index (χ0n) is 12.0. The Hall–Kier alpha value is -1.14. The number of anilines is 1. The predicted octanol–water partition coefficient (Wildman–Crippen LogP) is 1.02. The summed E-state index contributed by atoms with van der Waals surface area (Å²) in [6.07, 6.45) is 0.632. The topological polar surface area (TPSA) is 74.4 Å². The molecule has 19 heavy (non-hydrogen) atoms. The van der Waals surface area contributed by atoms with Crippen molar-refractivity contribution in [3.05, 3.63) is 5.89 Å². The lowest BCUT2D eigenvalue weighted by molar-refractivity contribution is 0.101. The van der Waals surface area contributed by atoms with Crippen molar-refractivity contribution in [2.45, 2.75) is 39.8 Å². The molecular formula is C13H24N4O2. The number of aliphatic hydroxyl groups excluding tert-OH is 1. The van der Waals surface area contributed by atoms with Gasteiger partial charge in [0.2, 0.25) is 5.89 Å². The first-order valence-corrected chi connectivity index (χ1v) is 7.02. The smallest absolute Gasteiger partial charge is 0.318 e. The van der Waals surface area contributed by atoms with Crippen molar-refractivity contribution in [3.63, 3.8) is 0 Å². The maximum absolute atomic E-state index is 9.87. The molecule has 0 aromatic carbocycles. The molecule has 2 rings (SSSR count). The molecule has 2 N–H and O–H groups in total. The molecule has 1 aromatic heterocycles. The molecule has 6 heteroatoms. The molecule has 2 heterocycles. The lowest BCUT2D eigenvalue weighted by Gasteiger charge is -2.32. The van der Waals surface area contributed by atoms with Crippen LogP contribution in [0, 0.1) is 11.8 Å². The fourth-order valence-electron chi connectivity index (χ4n) is 2.13. The summed E-state index contributed by atoms with van der Waals surface area (Å²) in [5, 5.41) is 21.2. The van der Waals surface area contributed by atoms with Crippen molar-refractivity contribution < 1.29 is 9.52 Å². The van der Waals surface area contributed by atoms with Crippen LogP contribution >= 0.6 is 0 Å². The molecule has 108 valence electrons. The van der Waals surface area contributed by atoms with E-state index in [9.17, 15) is 5.11 Å². The number of rotatable bonds is 5. The fraction of sp³-hybridized carbons (Fsp3) is 0.846.